The van der Waals surface area contributed by atoms with Gasteiger partial charge in [-0.05, 0) is 26.2 Å². The standard InChI is InChI=1S/C15H28N4O3/c1-5-8-16-13(20)11(2)17-14(21)12-7-6-9-19(10-12)15(22)18(3)4/h11-12H,5-10H2,1-4H3,(H,16,20)(H,17,21)/t11-,12-/m0/s1. The SMILES string of the molecule is CCCNC(=O)[C@H](C)NC(=O)[C@H]1CCCN(C(=O)N(C)C)C1. The number of piperidine rings is 1. The minimum Gasteiger partial charge on any atom is -0.354 e. The Morgan fingerprint density at radius 3 is 2.59 bits per heavy atom. The maximum absolute atomic E-state index is 12.3. The third-order valence-corrected chi connectivity index (χ3v) is 3.75. The summed E-state index contributed by atoms with van der Waals surface area (Å²) in [5.74, 6) is -0.582. The second-order valence-corrected chi connectivity index (χ2v) is 5.98. The van der Waals surface area contributed by atoms with Crippen LogP contribution in [0.5, 0.6) is 0 Å². The Morgan fingerprint density at radius 1 is 1.32 bits per heavy atom. The molecule has 7 heteroatoms. The minimum absolute atomic E-state index is 0.0776. The molecule has 1 rings (SSSR count). The highest BCUT2D eigenvalue weighted by Gasteiger charge is 2.30. The number of carbonyl (C=O) groups excluding carboxylic acids is 3. The first-order valence-corrected chi connectivity index (χ1v) is 7.91. The predicted octanol–water partition coefficient (Wildman–Crippen LogP) is 0.411. The molecule has 1 saturated heterocycles. The van der Waals surface area contributed by atoms with Crippen LogP contribution in [0.3, 0.4) is 0 Å². The first-order valence-electron chi connectivity index (χ1n) is 7.91. The van der Waals surface area contributed by atoms with Crippen molar-refractivity contribution in [3.8, 4) is 0 Å². The summed E-state index contributed by atoms with van der Waals surface area (Å²) in [6, 6.07) is -0.634. The van der Waals surface area contributed by atoms with Crippen LogP contribution in [0.15, 0.2) is 0 Å². The molecule has 0 spiro atoms. The highest BCUT2D eigenvalue weighted by atomic mass is 16.2. The average molecular weight is 312 g/mol. The van der Waals surface area contributed by atoms with Crippen molar-refractivity contribution in [2.45, 2.75) is 39.2 Å². The van der Waals surface area contributed by atoms with Crippen molar-refractivity contribution in [3.63, 3.8) is 0 Å². The van der Waals surface area contributed by atoms with Gasteiger partial charge in [0.05, 0.1) is 5.92 Å². The molecule has 0 bridgehead atoms. The van der Waals surface area contributed by atoms with Gasteiger partial charge < -0.3 is 20.4 Å². The smallest absolute Gasteiger partial charge is 0.319 e. The summed E-state index contributed by atoms with van der Waals surface area (Å²) >= 11 is 0. The summed E-state index contributed by atoms with van der Waals surface area (Å²) in [6.45, 7) is 5.34. The van der Waals surface area contributed by atoms with Gasteiger partial charge in [0.2, 0.25) is 11.8 Å². The number of rotatable bonds is 5. The van der Waals surface area contributed by atoms with Gasteiger partial charge in [-0.25, -0.2) is 4.79 Å². The topological polar surface area (TPSA) is 81.8 Å². The molecule has 0 aromatic rings. The lowest BCUT2D eigenvalue weighted by Crippen LogP contribution is -2.52. The van der Waals surface area contributed by atoms with Crippen LogP contribution >= 0.6 is 0 Å². The van der Waals surface area contributed by atoms with E-state index in [1.165, 1.54) is 4.90 Å². The third-order valence-electron chi connectivity index (χ3n) is 3.75. The molecular weight excluding hydrogens is 284 g/mol. The summed E-state index contributed by atoms with van der Waals surface area (Å²) in [5.41, 5.74) is 0. The number of carbonyl (C=O) groups is 3. The molecule has 0 unspecified atom stereocenters. The molecule has 126 valence electrons. The van der Waals surface area contributed by atoms with Gasteiger partial charge in [0.15, 0.2) is 0 Å². The van der Waals surface area contributed by atoms with Crippen molar-refractivity contribution in [1.82, 2.24) is 20.4 Å². The van der Waals surface area contributed by atoms with Crippen molar-refractivity contribution >= 4 is 17.8 Å². The van der Waals surface area contributed by atoms with E-state index in [1.54, 1.807) is 25.9 Å². The van der Waals surface area contributed by atoms with Gasteiger partial charge in [-0.3, -0.25) is 9.59 Å². The number of hydrogen-bond acceptors (Lipinski definition) is 3. The molecule has 4 amide bonds. The van der Waals surface area contributed by atoms with E-state index < -0.39 is 6.04 Å². The summed E-state index contributed by atoms with van der Waals surface area (Å²) in [5, 5.41) is 5.50. The fraction of sp³-hybridized carbons (Fsp3) is 0.800. The summed E-state index contributed by atoms with van der Waals surface area (Å²) in [7, 11) is 3.40. The number of likely N-dealkylation sites (tertiary alicyclic amines) is 1. The van der Waals surface area contributed by atoms with E-state index >= 15 is 0 Å². The second kappa shape index (κ2) is 8.60. The van der Waals surface area contributed by atoms with Gasteiger partial charge in [-0.2, -0.15) is 0 Å². The number of urea groups is 1. The molecule has 0 saturated carbocycles. The largest absolute Gasteiger partial charge is 0.354 e. The van der Waals surface area contributed by atoms with Crippen molar-refractivity contribution in [2.24, 2.45) is 5.92 Å². The van der Waals surface area contributed by atoms with Gasteiger partial charge in [-0.1, -0.05) is 6.92 Å². The number of hydrogen-bond donors (Lipinski definition) is 2. The third kappa shape index (κ3) is 5.20. The molecule has 2 N–H and O–H groups in total. The molecule has 0 aliphatic carbocycles. The molecule has 0 aromatic carbocycles. The van der Waals surface area contributed by atoms with E-state index in [4.69, 9.17) is 0 Å². The van der Waals surface area contributed by atoms with Crippen LogP contribution in [0.2, 0.25) is 0 Å². The van der Waals surface area contributed by atoms with Crippen LogP contribution in [-0.2, 0) is 9.59 Å². The fourth-order valence-corrected chi connectivity index (χ4v) is 2.45. The Bertz CT molecular complexity index is 412. The molecule has 0 aromatic heterocycles. The van der Waals surface area contributed by atoms with Crippen molar-refractivity contribution in [1.29, 1.82) is 0 Å². The van der Waals surface area contributed by atoms with Crippen LogP contribution in [0.25, 0.3) is 0 Å². The molecule has 2 atom stereocenters. The number of nitrogens with one attached hydrogen (secondary N) is 2. The van der Waals surface area contributed by atoms with Crippen molar-refractivity contribution in [3.05, 3.63) is 0 Å². The Labute approximate surface area is 132 Å². The number of amides is 4. The van der Waals surface area contributed by atoms with E-state index in [9.17, 15) is 14.4 Å². The first kappa shape index (κ1) is 18.3. The van der Waals surface area contributed by atoms with E-state index in [-0.39, 0.29) is 23.8 Å². The average Bonchev–Trinajstić information content (AvgIpc) is 2.51. The molecular formula is C15H28N4O3. The summed E-state index contributed by atoms with van der Waals surface area (Å²) in [4.78, 5) is 39.2. The Morgan fingerprint density at radius 2 is 2.00 bits per heavy atom. The van der Waals surface area contributed by atoms with Gasteiger partial charge in [-0.15, -0.1) is 0 Å². The molecule has 1 aliphatic rings. The van der Waals surface area contributed by atoms with Gasteiger partial charge in [0.25, 0.3) is 0 Å². The summed E-state index contributed by atoms with van der Waals surface area (Å²) < 4.78 is 0. The van der Waals surface area contributed by atoms with Crippen LogP contribution in [0.4, 0.5) is 4.79 Å². The van der Waals surface area contributed by atoms with Crippen LogP contribution in [-0.4, -0.2) is 67.4 Å². The zero-order valence-corrected chi connectivity index (χ0v) is 14.0. The quantitative estimate of drug-likeness (QED) is 0.771. The Kier molecular flexibility index (Phi) is 7.14. The highest BCUT2D eigenvalue weighted by molar-refractivity contribution is 5.88. The van der Waals surface area contributed by atoms with Gasteiger partial charge in [0.1, 0.15) is 6.04 Å². The lowest BCUT2D eigenvalue weighted by Gasteiger charge is -2.34. The Balaban J connectivity index is 2.51. The van der Waals surface area contributed by atoms with E-state index in [0.29, 0.717) is 19.6 Å². The fourth-order valence-electron chi connectivity index (χ4n) is 2.45. The maximum Gasteiger partial charge on any atom is 0.319 e. The van der Waals surface area contributed by atoms with Gasteiger partial charge >= 0.3 is 6.03 Å². The second-order valence-electron chi connectivity index (χ2n) is 5.98. The monoisotopic (exact) mass is 312 g/mol. The zero-order valence-electron chi connectivity index (χ0n) is 14.0. The van der Waals surface area contributed by atoms with Crippen molar-refractivity contribution < 1.29 is 14.4 Å². The molecule has 1 heterocycles. The zero-order chi connectivity index (χ0) is 16.7. The highest BCUT2D eigenvalue weighted by Crippen LogP contribution is 2.17. The van der Waals surface area contributed by atoms with E-state index in [0.717, 1.165) is 19.3 Å². The maximum atomic E-state index is 12.3. The molecule has 22 heavy (non-hydrogen) atoms. The molecule has 1 aliphatic heterocycles. The van der Waals surface area contributed by atoms with Gasteiger partial charge in [0, 0.05) is 33.7 Å². The first-order chi connectivity index (χ1) is 10.4. The van der Waals surface area contributed by atoms with E-state index in [1.807, 2.05) is 6.92 Å². The van der Waals surface area contributed by atoms with Crippen LogP contribution < -0.4 is 10.6 Å². The van der Waals surface area contributed by atoms with Crippen LogP contribution in [0.1, 0.15) is 33.1 Å². The van der Waals surface area contributed by atoms with E-state index in [2.05, 4.69) is 10.6 Å². The molecule has 7 nitrogen and oxygen atoms in total. The molecule has 1 fully saturated rings. The lowest BCUT2D eigenvalue weighted by atomic mass is 9.97. The van der Waals surface area contributed by atoms with Crippen LogP contribution in [0, 0.1) is 5.92 Å². The normalized spacial score (nSPS) is 19.3. The predicted molar refractivity (Wildman–Crippen MR) is 84.3 cm³/mol. The minimum atomic E-state index is -0.557. The lowest BCUT2D eigenvalue weighted by molar-refractivity contribution is -0.131. The molecule has 0 radical (unpaired) electrons. The Hall–Kier alpha value is -1.79. The van der Waals surface area contributed by atoms with Crippen molar-refractivity contribution in [2.75, 3.05) is 33.7 Å². The summed E-state index contributed by atoms with van der Waals surface area (Å²) in [6.07, 6.45) is 2.40. The number of nitrogens with zero attached hydrogens (tertiary/aromatic N) is 2.